The molecule has 0 heterocycles. The standard InChI is InChI=1S/C17H21NO3/c1-12-9-15(12)11-18(2)17(20)14-6-7-16(21-3)13(10-14)5-4-8-19/h6-7,10,12,15,19H,8-9,11H2,1-3H3. The summed E-state index contributed by atoms with van der Waals surface area (Å²) in [4.78, 5) is 14.2. The first-order chi connectivity index (χ1) is 10.1. The van der Waals surface area contributed by atoms with Crippen LogP contribution in [0.4, 0.5) is 0 Å². The molecule has 1 fully saturated rings. The molecule has 2 unspecified atom stereocenters. The number of hydrogen-bond donors (Lipinski definition) is 1. The Morgan fingerprint density at radius 2 is 2.24 bits per heavy atom. The summed E-state index contributed by atoms with van der Waals surface area (Å²) in [6, 6.07) is 5.21. The Labute approximate surface area is 125 Å². The monoisotopic (exact) mass is 287 g/mol. The summed E-state index contributed by atoms with van der Waals surface area (Å²) in [6.45, 7) is 2.78. The number of rotatable bonds is 4. The minimum atomic E-state index is -0.221. The molecule has 2 rings (SSSR count). The lowest BCUT2D eigenvalue weighted by Gasteiger charge is -2.17. The lowest BCUT2D eigenvalue weighted by molar-refractivity contribution is 0.0787. The average molecular weight is 287 g/mol. The van der Waals surface area contributed by atoms with Crippen LogP contribution in [0.1, 0.15) is 29.3 Å². The highest BCUT2D eigenvalue weighted by atomic mass is 16.5. The summed E-state index contributed by atoms with van der Waals surface area (Å²) < 4.78 is 5.22. The first-order valence-electron chi connectivity index (χ1n) is 7.10. The topological polar surface area (TPSA) is 49.8 Å². The minimum Gasteiger partial charge on any atom is -0.495 e. The highest BCUT2D eigenvalue weighted by Gasteiger charge is 2.34. The Balaban J connectivity index is 2.16. The van der Waals surface area contributed by atoms with Crippen LogP contribution in [0.15, 0.2) is 18.2 Å². The third kappa shape index (κ3) is 3.77. The number of amides is 1. The molecule has 0 aromatic heterocycles. The largest absolute Gasteiger partial charge is 0.495 e. The number of hydrogen-bond acceptors (Lipinski definition) is 3. The normalized spacial score (nSPS) is 19.4. The number of carbonyl (C=O) groups is 1. The van der Waals surface area contributed by atoms with Gasteiger partial charge in [0, 0.05) is 19.2 Å². The number of aliphatic hydroxyl groups excluding tert-OH is 1. The molecule has 1 aliphatic rings. The summed E-state index contributed by atoms with van der Waals surface area (Å²) in [5, 5.41) is 8.80. The molecule has 1 aromatic carbocycles. The number of benzene rings is 1. The molecule has 1 saturated carbocycles. The molecule has 0 saturated heterocycles. The van der Waals surface area contributed by atoms with E-state index in [4.69, 9.17) is 9.84 Å². The lowest BCUT2D eigenvalue weighted by atomic mass is 10.1. The van der Waals surface area contributed by atoms with Crippen molar-refractivity contribution in [1.29, 1.82) is 0 Å². The van der Waals surface area contributed by atoms with Crippen LogP contribution in [0.3, 0.4) is 0 Å². The van der Waals surface area contributed by atoms with Gasteiger partial charge in [0.2, 0.25) is 0 Å². The summed E-state index contributed by atoms with van der Waals surface area (Å²) >= 11 is 0. The smallest absolute Gasteiger partial charge is 0.253 e. The second-order valence-electron chi connectivity index (χ2n) is 5.53. The van der Waals surface area contributed by atoms with Crippen LogP contribution in [0.2, 0.25) is 0 Å². The average Bonchev–Trinajstić information content (AvgIpc) is 3.18. The van der Waals surface area contributed by atoms with E-state index >= 15 is 0 Å². The molecule has 1 aliphatic carbocycles. The van der Waals surface area contributed by atoms with Crippen LogP contribution >= 0.6 is 0 Å². The zero-order chi connectivity index (χ0) is 15.4. The van der Waals surface area contributed by atoms with Gasteiger partial charge in [-0.25, -0.2) is 0 Å². The summed E-state index contributed by atoms with van der Waals surface area (Å²) in [5.74, 6) is 7.34. The van der Waals surface area contributed by atoms with Crippen molar-refractivity contribution < 1.29 is 14.6 Å². The van der Waals surface area contributed by atoms with Gasteiger partial charge < -0.3 is 14.7 Å². The molecule has 1 N–H and O–H groups in total. The Kier molecular flexibility index (Phi) is 4.87. The van der Waals surface area contributed by atoms with Gasteiger partial charge in [0.15, 0.2) is 0 Å². The van der Waals surface area contributed by atoms with Crippen LogP contribution < -0.4 is 4.74 Å². The first-order valence-corrected chi connectivity index (χ1v) is 7.10. The fraction of sp³-hybridized carbons (Fsp3) is 0.471. The molecule has 0 aliphatic heterocycles. The number of methoxy groups -OCH3 is 1. The molecule has 1 amide bonds. The zero-order valence-corrected chi connectivity index (χ0v) is 12.7. The lowest BCUT2D eigenvalue weighted by Crippen LogP contribution is -2.29. The van der Waals surface area contributed by atoms with E-state index in [1.165, 1.54) is 6.42 Å². The number of carbonyl (C=O) groups excluding carboxylic acids is 1. The van der Waals surface area contributed by atoms with E-state index in [0.29, 0.717) is 22.8 Å². The van der Waals surface area contributed by atoms with Gasteiger partial charge >= 0.3 is 0 Å². The van der Waals surface area contributed by atoms with Crippen LogP contribution in [0, 0.1) is 23.7 Å². The SMILES string of the molecule is COc1ccc(C(=O)N(C)CC2CC2C)cc1C#CCO. The second kappa shape index (κ2) is 6.64. The molecule has 2 atom stereocenters. The van der Waals surface area contributed by atoms with Crippen LogP contribution in [-0.2, 0) is 0 Å². The van der Waals surface area contributed by atoms with Crippen LogP contribution in [-0.4, -0.2) is 43.2 Å². The predicted molar refractivity (Wildman–Crippen MR) is 81.2 cm³/mol. The van der Waals surface area contributed by atoms with E-state index < -0.39 is 0 Å². The summed E-state index contributed by atoms with van der Waals surface area (Å²) in [6.07, 6.45) is 1.20. The van der Waals surface area contributed by atoms with Crippen molar-refractivity contribution in [3.8, 4) is 17.6 Å². The maximum Gasteiger partial charge on any atom is 0.253 e. The van der Waals surface area contributed by atoms with Gasteiger partial charge in [-0.1, -0.05) is 18.8 Å². The van der Waals surface area contributed by atoms with Gasteiger partial charge in [0.1, 0.15) is 12.4 Å². The second-order valence-corrected chi connectivity index (χ2v) is 5.53. The van der Waals surface area contributed by atoms with E-state index in [1.807, 2.05) is 7.05 Å². The van der Waals surface area contributed by atoms with Gasteiger partial charge in [-0.05, 0) is 36.5 Å². The van der Waals surface area contributed by atoms with E-state index in [9.17, 15) is 4.79 Å². The Hall–Kier alpha value is -1.99. The molecule has 0 spiro atoms. The van der Waals surface area contributed by atoms with Crippen molar-refractivity contribution in [2.75, 3.05) is 27.3 Å². The van der Waals surface area contributed by atoms with E-state index in [1.54, 1.807) is 30.2 Å². The van der Waals surface area contributed by atoms with Crippen molar-refractivity contribution in [1.82, 2.24) is 4.90 Å². The molecule has 112 valence electrons. The number of nitrogens with zero attached hydrogens (tertiary/aromatic N) is 1. The van der Waals surface area contributed by atoms with Crippen molar-refractivity contribution in [2.24, 2.45) is 11.8 Å². The van der Waals surface area contributed by atoms with Crippen molar-refractivity contribution in [3.63, 3.8) is 0 Å². The third-order valence-electron chi connectivity index (χ3n) is 3.88. The van der Waals surface area contributed by atoms with E-state index in [-0.39, 0.29) is 12.5 Å². The molecular formula is C17H21NO3. The molecule has 21 heavy (non-hydrogen) atoms. The van der Waals surface area contributed by atoms with Crippen molar-refractivity contribution in [3.05, 3.63) is 29.3 Å². The Bertz CT molecular complexity index is 585. The maximum absolute atomic E-state index is 12.4. The minimum absolute atomic E-state index is 0.0104. The number of ether oxygens (including phenoxy) is 1. The van der Waals surface area contributed by atoms with E-state index in [2.05, 4.69) is 18.8 Å². The molecule has 0 bridgehead atoms. The summed E-state index contributed by atoms with van der Waals surface area (Å²) in [7, 11) is 3.39. The Morgan fingerprint density at radius 3 is 2.81 bits per heavy atom. The van der Waals surface area contributed by atoms with Crippen LogP contribution in [0.25, 0.3) is 0 Å². The highest BCUT2D eigenvalue weighted by Crippen LogP contribution is 2.38. The fourth-order valence-electron chi connectivity index (χ4n) is 2.38. The molecule has 4 nitrogen and oxygen atoms in total. The first kappa shape index (κ1) is 15.4. The van der Waals surface area contributed by atoms with Crippen LogP contribution in [0.5, 0.6) is 5.75 Å². The van der Waals surface area contributed by atoms with Gasteiger partial charge in [0.05, 0.1) is 12.7 Å². The molecule has 0 radical (unpaired) electrons. The quantitative estimate of drug-likeness (QED) is 0.859. The Morgan fingerprint density at radius 1 is 1.52 bits per heavy atom. The van der Waals surface area contributed by atoms with Gasteiger partial charge in [-0.3, -0.25) is 4.79 Å². The van der Waals surface area contributed by atoms with E-state index in [0.717, 1.165) is 12.5 Å². The van der Waals surface area contributed by atoms with Crippen molar-refractivity contribution >= 4 is 5.91 Å². The molecular weight excluding hydrogens is 266 g/mol. The fourth-order valence-corrected chi connectivity index (χ4v) is 2.38. The van der Waals surface area contributed by atoms with Gasteiger partial charge in [-0.2, -0.15) is 0 Å². The third-order valence-corrected chi connectivity index (χ3v) is 3.88. The molecule has 4 heteroatoms. The zero-order valence-electron chi connectivity index (χ0n) is 12.7. The van der Waals surface area contributed by atoms with Gasteiger partial charge in [-0.15, -0.1) is 0 Å². The number of aliphatic hydroxyl groups is 1. The highest BCUT2D eigenvalue weighted by molar-refractivity contribution is 5.94. The van der Waals surface area contributed by atoms with Crippen molar-refractivity contribution in [2.45, 2.75) is 13.3 Å². The maximum atomic E-state index is 12.4. The predicted octanol–water partition coefficient (Wildman–Crippen LogP) is 1.77. The molecule has 1 aromatic rings. The summed E-state index contributed by atoms with van der Waals surface area (Å²) in [5.41, 5.74) is 1.21. The van der Waals surface area contributed by atoms with Gasteiger partial charge in [0.25, 0.3) is 5.91 Å².